The molecule has 130 valence electrons. The summed E-state index contributed by atoms with van der Waals surface area (Å²) in [5.41, 5.74) is 17.2. The zero-order valence-electron chi connectivity index (χ0n) is 12.0. The predicted molar refractivity (Wildman–Crippen MR) is 73.2 cm³/mol. The Bertz CT molecular complexity index is 375. The molecule has 0 radical (unpaired) electrons. The number of nitrogens with two attached hydrogens (primary N) is 3. The molecule has 1 saturated carbocycles. The van der Waals surface area contributed by atoms with E-state index in [4.69, 9.17) is 31.8 Å². The molecule has 1 aliphatic heterocycles. The summed E-state index contributed by atoms with van der Waals surface area (Å²) in [7, 11) is 0. The van der Waals surface area contributed by atoms with Gasteiger partial charge in [-0.25, -0.2) is 0 Å². The molecule has 10 nitrogen and oxygen atoms in total. The van der Waals surface area contributed by atoms with E-state index in [1.807, 2.05) is 0 Å². The van der Waals surface area contributed by atoms with Gasteiger partial charge in [0.1, 0.15) is 30.5 Å². The van der Waals surface area contributed by atoms with E-state index in [1.165, 1.54) is 0 Å². The summed E-state index contributed by atoms with van der Waals surface area (Å²) >= 11 is 0. The second kappa shape index (κ2) is 7.01. The van der Waals surface area contributed by atoms with Crippen LogP contribution in [0.2, 0.25) is 0 Å². The van der Waals surface area contributed by atoms with E-state index in [1.54, 1.807) is 0 Å². The first-order valence-corrected chi connectivity index (χ1v) is 7.18. The van der Waals surface area contributed by atoms with Crippen LogP contribution in [-0.4, -0.2) is 93.2 Å². The highest BCUT2D eigenvalue weighted by molar-refractivity contribution is 4.99. The Morgan fingerprint density at radius 2 is 1.55 bits per heavy atom. The zero-order chi connectivity index (χ0) is 16.6. The van der Waals surface area contributed by atoms with Crippen molar-refractivity contribution in [1.29, 1.82) is 0 Å². The van der Waals surface area contributed by atoms with Gasteiger partial charge in [0.05, 0.1) is 18.8 Å². The molecule has 1 saturated heterocycles. The van der Waals surface area contributed by atoms with Crippen LogP contribution in [0.1, 0.15) is 6.42 Å². The van der Waals surface area contributed by atoms with Gasteiger partial charge in [-0.2, -0.15) is 0 Å². The topological polar surface area (TPSA) is 198 Å². The minimum absolute atomic E-state index is 0.212. The second-order valence-electron chi connectivity index (χ2n) is 5.93. The van der Waals surface area contributed by atoms with Gasteiger partial charge in [0.25, 0.3) is 0 Å². The summed E-state index contributed by atoms with van der Waals surface area (Å²) in [6, 6.07) is -2.46. The summed E-state index contributed by atoms with van der Waals surface area (Å²) in [6.45, 7) is -0.520. The van der Waals surface area contributed by atoms with Gasteiger partial charge in [-0.15, -0.1) is 0 Å². The van der Waals surface area contributed by atoms with Crippen LogP contribution in [0.5, 0.6) is 0 Å². The fourth-order valence-electron chi connectivity index (χ4n) is 2.85. The van der Waals surface area contributed by atoms with Crippen LogP contribution in [-0.2, 0) is 9.47 Å². The van der Waals surface area contributed by atoms with E-state index < -0.39 is 67.6 Å². The first-order valence-electron chi connectivity index (χ1n) is 7.18. The van der Waals surface area contributed by atoms with Crippen LogP contribution >= 0.6 is 0 Å². The average molecular weight is 323 g/mol. The Labute approximate surface area is 127 Å². The number of hydrogen-bond acceptors (Lipinski definition) is 10. The standard InChI is InChI=1S/C12H25N3O7/c13-3-1-4(14)11(10(20)7(3)17)22-12-9(19)6(15)8(18)5(2-16)21-12/h3-12,16-20H,1-2,13-15H2/t3-,4+,5+,6+,7+,8+,9+,10-,11-,12+/m0/s1. The summed E-state index contributed by atoms with van der Waals surface area (Å²) in [4.78, 5) is 0. The predicted octanol–water partition coefficient (Wildman–Crippen LogP) is -5.08. The van der Waals surface area contributed by atoms with E-state index in [2.05, 4.69) is 0 Å². The molecule has 2 aliphatic rings. The minimum Gasteiger partial charge on any atom is -0.394 e. The summed E-state index contributed by atoms with van der Waals surface area (Å²) in [6.07, 6.45) is -8.38. The van der Waals surface area contributed by atoms with E-state index in [9.17, 15) is 20.4 Å². The SMILES string of the molecule is N[C@H]1[C@@H](O)[C@@H](O[C@@H]2[C@@H](O)[C@H](O)[C@@H](N)C[C@H]2N)O[C@H](CO)[C@H]1O. The molecule has 2 rings (SSSR count). The van der Waals surface area contributed by atoms with Gasteiger partial charge >= 0.3 is 0 Å². The average Bonchev–Trinajstić information content (AvgIpc) is 2.49. The molecule has 0 aromatic heterocycles. The van der Waals surface area contributed by atoms with E-state index >= 15 is 0 Å². The van der Waals surface area contributed by atoms with Gasteiger partial charge in [-0.3, -0.25) is 0 Å². The van der Waals surface area contributed by atoms with Crippen molar-refractivity contribution < 1.29 is 35.0 Å². The smallest absolute Gasteiger partial charge is 0.186 e. The van der Waals surface area contributed by atoms with Crippen LogP contribution in [0.3, 0.4) is 0 Å². The number of aliphatic hydroxyl groups excluding tert-OH is 5. The maximum Gasteiger partial charge on any atom is 0.186 e. The largest absolute Gasteiger partial charge is 0.394 e. The molecule has 0 aromatic rings. The molecule has 1 heterocycles. The lowest BCUT2D eigenvalue weighted by Crippen LogP contribution is -2.67. The van der Waals surface area contributed by atoms with E-state index in [0.29, 0.717) is 0 Å². The van der Waals surface area contributed by atoms with Gasteiger partial charge in [0.15, 0.2) is 6.29 Å². The monoisotopic (exact) mass is 323 g/mol. The molecule has 22 heavy (non-hydrogen) atoms. The fourth-order valence-corrected chi connectivity index (χ4v) is 2.85. The Kier molecular flexibility index (Phi) is 5.72. The molecule has 10 atom stereocenters. The lowest BCUT2D eigenvalue weighted by atomic mass is 9.84. The number of rotatable bonds is 3. The third-order valence-corrected chi connectivity index (χ3v) is 4.32. The third-order valence-electron chi connectivity index (χ3n) is 4.32. The van der Waals surface area contributed by atoms with Crippen molar-refractivity contribution in [3.8, 4) is 0 Å². The van der Waals surface area contributed by atoms with Crippen molar-refractivity contribution in [2.75, 3.05) is 6.61 Å². The molecule has 0 spiro atoms. The minimum atomic E-state index is -1.38. The van der Waals surface area contributed by atoms with Crippen LogP contribution in [0.15, 0.2) is 0 Å². The molecular formula is C12H25N3O7. The molecule has 0 amide bonds. The Hall–Kier alpha value is -0.400. The lowest BCUT2D eigenvalue weighted by molar-refractivity contribution is -0.304. The Morgan fingerprint density at radius 3 is 2.14 bits per heavy atom. The molecule has 0 unspecified atom stereocenters. The molecule has 10 heteroatoms. The van der Waals surface area contributed by atoms with Gasteiger partial charge in [0, 0.05) is 12.1 Å². The first kappa shape index (κ1) is 17.9. The van der Waals surface area contributed by atoms with Crippen LogP contribution in [0.4, 0.5) is 0 Å². The van der Waals surface area contributed by atoms with Crippen LogP contribution < -0.4 is 17.2 Å². The summed E-state index contributed by atoms with van der Waals surface area (Å²) in [5, 5.41) is 48.8. The molecule has 0 bridgehead atoms. The normalized spacial score (nSPS) is 53.5. The molecular weight excluding hydrogens is 298 g/mol. The molecule has 0 aromatic carbocycles. The zero-order valence-corrected chi connectivity index (χ0v) is 12.0. The second-order valence-corrected chi connectivity index (χ2v) is 5.93. The van der Waals surface area contributed by atoms with Crippen molar-refractivity contribution in [2.45, 2.75) is 67.5 Å². The maximum absolute atomic E-state index is 10.0. The molecule has 1 aliphatic carbocycles. The van der Waals surface area contributed by atoms with E-state index in [0.717, 1.165) is 0 Å². The third kappa shape index (κ3) is 3.26. The number of aliphatic hydroxyl groups is 5. The van der Waals surface area contributed by atoms with Gasteiger partial charge < -0.3 is 52.2 Å². The summed E-state index contributed by atoms with van der Waals surface area (Å²) in [5.74, 6) is 0. The quantitative estimate of drug-likeness (QED) is 0.248. The molecule has 2 fully saturated rings. The van der Waals surface area contributed by atoms with Crippen molar-refractivity contribution in [2.24, 2.45) is 17.2 Å². The number of hydrogen-bond donors (Lipinski definition) is 8. The van der Waals surface area contributed by atoms with Crippen molar-refractivity contribution in [3.63, 3.8) is 0 Å². The fraction of sp³-hybridized carbons (Fsp3) is 1.00. The summed E-state index contributed by atoms with van der Waals surface area (Å²) < 4.78 is 10.7. The highest BCUT2D eigenvalue weighted by atomic mass is 16.7. The van der Waals surface area contributed by atoms with Crippen LogP contribution in [0.25, 0.3) is 0 Å². The maximum atomic E-state index is 10.0. The van der Waals surface area contributed by atoms with E-state index in [-0.39, 0.29) is 6.42 Å². The van der Waals surface area contributed by atoms with Crippen molar-refractivity contribution in [3.05, 3.63) is 0 Å². The van der Waals surface area contributed by atoms with Gasteiger partial charge in [0.2, 0.25) is 0 Å². The van der Waals surface area contributed by atoms with Gasteiger partial charge in [-0.05, 0) is 6.42 Å². The highest BCUT2D eigenvalue weighted by Crippen LogP contribution is 2.27. The molecule has 11 N–H and O–H groups in total. The van der Waals surface area contributed by atoms with Crippen LogP contribution in [0, 0.1) is 0 Å². The highest BCUT2D eigenvalue weighted by Gasteiger charge is 2.48. The van der Waals surface area contributed by atoms with Crippen molar-refractivity contribution in [1.82, 2.24) is 0 Å². The Balaban J connectivity index is 2.08. The number of ether oxygens (including phenoxy) is 2. The Morgan fingerprint density at radius 1 is 0.909 bits per heavy atom. The lowest BCUT2D eigenvalue weighted by Gasteiger charge is -2.45. The van der Waals surface area contributed by atoms with Gasteiger partial charge in [-0.1, -0.05) is 0 Å². The van der Waals surface area contributed by atoms with Crippen molar-refractivity contribution >= 4 is 0 Å². The first-order chi connectivity index (χ1) is 10.3.